The van der Waals surface area contributed by atoms with E-state index in [2.05, 4.69) is 5.32 Å². The third kappa shape index (κ3) is 4.17. The summed E-state index contributed by atoms with van der Waals surface area (Å²) in [5.74, 6) is -0.192. The highest BCUT2D eigenvalue weighted by Crippen LogP contribution is 2.20. The van der Waals surface area contributed by atoms with Gasteiger partial charge in [-0.2, -0.15) is 0 Å². The second-order valence-corrected chi connectivity index (χ2v) is 3.79. The number of aliphatic hydroxyl groups is 1. The molecule has 0 fully saturated rings. The molecule has 0 aromatic heterocycles. The number of hydrogen-bond donors (Lipinski definition) is 2. The fraction of sp³-hybridized carbons (Fsp3) is 0.462. The lowest BCUT2D eigenvalue weighted by molar-refractivity contribution is -0.120. The van der Waals surface area contributed by atoms with Gasteiger partial charge in [0.15, 0.2) is 0 Å². The van der Waals surface area contributed by atoms with Crippen molar-refractivity contribution in [3.63, 3.8) is 0 Å². The number of ether oxygens (including phenoxy) is 1. The van der Waals surface area contributed by atoms with Crippen LogP contribution in [0, 0.1) is 6.92 Å². The number of carbonyl (C=O) groups is 1. The number of carbonyl (C=O) groups excluding carboxylic acids is 1. The SMILES string of the molecule is CCc1cccc(C)c1NC(=O)COCCO. The maximum Gasteiger partial charge on any atom is 0.250 e. The van der Waals surface area contributed by atoms with Crippen LogP contribution in [0.15, 0.2) is 18.2 Å². The number of amides is 1. The fourth-order valence-corrected chi connectivity index (χ4v) is 1.61. The first kappa shape index (κ1) is 13.7. The highest BCUT2D eigenvalue weighted by Gasteiger charge is 2.08. The quantitative estimate of drug-likeness (QED) is 0.737. The van der Waals surface area contributed by atoms with Crippen LogP contribution in [0.2, 0.25) is 0 Å². The third-order valence-corrected chi connectivity index (χ3v) is 2.47. The van der Waals surface area contributed by atoms with E-state index >= 15 is 0 Å². The molecule has 0 heterocycles. The van der Waals surface area contributed by atoms with E-state index in [4.69, 9.17) is 9.84 Å². The van der Waals surface area contributed by atoms with Gasteiger partial charge in [-0.15, -0.1) is 0 Å². The topological polar surface area (TPSA) is 58.6 Å². The van der Waals surface area contributed by atoms with Crippen LogP contribution in [0.4, 0.5) is 5.69 Å². The van der Waals surface area contributed by atoms with Gasteiger partial charge in [-0.3, -0.25) is 4.79 Å². The van der Waals surface area contributed by atoms with Gasteiger partial charge >= 0.3 is 0 Å². The van der Waals surface area contributed by atoms with Gasteiger partial charge in [-0.1, -0.05) is 25.1 Å². The van der Waals surface area contributed by atoms with Crippen LogP contribution in [0.3, 0.4) is 0 Å². The first-order valence-corrected chi connectivity index (χ1v) is 5.76. The van der Waals surface area contributed by atoms with E-state index in [0.29, 0.717) is 0 Å². The van der Waals surface area contributed by atoms with Gasteiger partial charge in [0.05, 0.1) is 13.2 Å². The van der Waals surface area contributed by atoms with Crippen molar-refractivity contribution in [2.75, 3.05) is 25.1 Å². The number of hydrogen-bond acceptors (Lipinski definition) is 3. The Kier molecular flexibility index (Phi) is 5.66. The number of nitrogens with one attached hydrogen (secondary N) is 1. The number of benzene rings is 1. The summed E-state index contributed by atoms with van der Waals surface area (Å²) >= 11 is 0. The molecule has 0 spiro atoms. The van der Waals surface area contributed by atoms with Crippen LogP contribution in [0.1, 0.15) is 18.1 Å². The van der Waals surface area contributed by atoms with Gasteiger partial charge in [0.25, 0.3) is 0 Å². The standard InChI is InChI=1S/C13H19NO3/c1-3-11-6-4-5-10(2)13(11)14-12(16)9-17-8-7-15/h4-6,15H,3,7-9H2,1-2H3,(H,14,16). The Morgan fingerprint density at radius 3 is 2.88 bits per heavy atom. The zero-order valence-corrected chi connectivity index (χ0v) is 10.3. The van der Waals surface area contributed by atoms with Crippen LogP contribution >= 0.6 is 0 Å². The molecule has 0 saturated carbocycles. The van der Waals surface area contributed by atoms with Crippen molar-refractivity contribution in [3.8, 4) is 0 Å². The summed E-state index contributed by atoms with van der Waals surface area (Å²) in [6.07, 6.45) is 0.870. The maximum absolute atomic E-state index is 11.6. The molecule has 0 aliphatic heterocycles. The third-order valence-electron chi connectivity index (χ3n) is 2.47. The molecule has 1 rings (SSSR count). The zero-order chi connectivity index (χ0) is 12.7. The molecule has 0 atom stereocenters. The van der Waals surface area contributed by atoms with Gasteiger partial charge in [-0.25, -0.2) is 0 Å². The largest absolute Gasteiger partial charge is 0.394 e. The highest BCUT2D eigenvalue weighted by atomic mass is 16.5. The van der Waals surface area contributed by atoms with Crippen LogP contribution in [0.25, 0.3) is 0 Å². The molecule has 0 bridgehead atoms. The molecule has 4 nitrogen and oxygen atoms in total. The Morgan fingerprint density at radius 1 is 1.47 bits per heavy atom. The molecule has 1 amide bonds. The summed E-state index contributed by atoms with van der Waals surface area (Å²) in [6, 6.07) is 5.94. The molecule has 94 valence electrons. The Morgan fingerprint density at radius 2 is 2.24 bits per heavy atom. The first-order valence-electron chi connectivity index (χ1n) is 5.76. The van der Waals surface area contributed by atoms with Crippen LogP contribution in [0.5, 0.6) is 0 Å². The summed E-state index contributed by atoms with van der Waals surface area (Å²) in [5, 5.41) is 11.4. The molecule has 17 heavy (non-hydrogen) atoms. The summed E-state index contributed by atoms with van der Waals surface area (Å²) in [5.41, 5.74) is 3.02. The molecule has 0 radical (unpaired) electrons. The van der Waals surface area contributed by atoms with Crippen molar-refractivity contribution in [2.24, 2.45) is 0 Å². The average molecular weight is 237 g/mol. The predicted molar refractivity (Wildman–Crippen MR) is 67.1 cm³/mol. The number of para-hydroxylation sites is 1. The molecular weight excluding hydrogens is 218 g/mol. The molecule has 1 aromatic carbocycles. The van der Waals surface area contributed by atoms with Crippen LogP contribution in [-0.2, 0) is 16.0 Å². The number of rotatable bonds is 6. The Bertz CT molecular complexity index is 377. The minimum Gasteiger partial charge on any atom is -0.394 e. The van der Waals surface area contributed by atoms with E-state index in [1.54, 1.807) is 0 Å². The summed E-state index contributed by atoms with van der Waals surface area (Å²) < 4.78 is 4.97. The van der Waals surface area contributed by atoms with Crippen molar-refractivity contribution in [1.82, 2.24) is 0 Å². The Hall–Kier alpha value is -1.39. The predicted octanol–water partition coefficient (Wildman–Crippen LogP) is 1.50. The fourth-order valence-electron chi connectivity index (χ4n) is 1.61. The monoisotopic (exact) mass is 237 g/mol. The van der Waals surface area contributed by atoms with Crippen molar-refractivity contribution in [1.29, 1.82) is 0 Å². The average Bonchev–Trinajstić information content (AvgIpc) is 2.32. The van der Waals surface area contributed by atoms with E-state index < -0.39 is 0 Å². The smallest absolute Gasteiger partial charge is 0.250 e. The maximum atomic E-state index is 11.6. The first-order chi connectivity index (χ1) is 8.19. The molecule has 0 saturated heterocycles. The molecule has 0 unspecified atom stereocenters. The summed E-state index contributed by atoms with van der Waals surface area (Å²) in [6.45, 7) is 4.09. The highest BCUT2D eigenvalue weighted by molar-refractivity contribution is 5.93. The number of anilines is 1. The summed E-state index contributed by atoms with van der Waals surface area (Å²) in [7, 11) is 0. The van der Waals surface area contributed by atoms with Crippen molar-refractivity contribution < 1.29 is 14.6 Å². The van der Waals surface area contributed by atoms with E-state index in [9.17, 15) is 4.79 Å². The van der Waals surface area contributed by atoms with Gasteiger partial charge in [0.2, 0.25) is 5.91 Å². The minimum absolute atomic E-state index is 0.0297. The Balaban J connectivity index is 2.64. The number of aryl methyl sites for hydroxylation is 2. The van der Waals surface area contributed by atoms with E-state index in [1.807, 2.05) is 32.0 Å². The van der Waals surface area contributed by atoms with Gasteiger partial charge in [-0.05, 0) is 24.5 Å². The van der Waals surface area contributed by atoms with Crippen molar-refractivity contribution in [2.45, 2.75) is 20.3 Å². The lowest BCUT2D eigenvalue weighted by Crippen LogP contribution is -2.20. The van der Waals surface area contributed by atoms with Gasteiger partial charge in [0, 0.05) is 5.69 Å². The van der Waals surface area contributed by atoms with Crippen molar-refractivity contribution >= 4 is 11.6 Å². The van der Waals surface area contributed by atoms with Gasteiger partial charge < -0.3 is 15.2 Å². The molecule has 2 N–H and O–H groups in total. The minimum atomic E-state index is -0.192. The van der Waals surface area contributed by atoms with E-state index in [1.165, 1.54) is 0 Å². The number of aliphatic hydroxyl groups excluding tert-OH is 1. The summed E-state index contributed by atoms with van der Waals surface area (Å²) in [4.78, 5) is 11.6. The Labute approximate surface area is 102 Å². The van der Waals surface area contributed by atoms with Crippen LogP contribution < -0.4 is 5.32 Å². The second-order valence-electron chi connectivity index (χ2n) is 3.79. The molecule has 0 aliphatic carbocycles. The lowest BCUT2D eigenvalue weighted by Gasteiger charge is -2.12. The van der Waals surface area contributed by atoms with Gasteiger partial charge in [0.1, 0.15) is 6.61 Å². The second kappa shape index (κ2) is 7.04. The lowest BCUT2D eigenvalue weighted by atomic mass is 10.1. The molecule has 0 aliphatic rings. The van der Waals surface area contributed by atoms with E-state index in [0.717, 1.165) is 23.2 Å². The molecule has 1 aromatic rings. The van der Waals surface area contributed by atoms with Crippen molar-refractivity contribution in [3.05, 3.63) is 29.3 Å². The molecular formula is C13H19NO3. The van der Waals surface area contributed by atoms with E-state index in [-0.39, 0.29) is 25.7 Å². The molecule has 4 heteroatoms. The normalized spacial score (nSPS) is 10.3. The zero-order valence-electron chi connectivity index (χ0n) is 10.3. The van der Waals surface area contributed by atoms with Crippen LogP contribution in [-0.4, -0.2) is 30.8 Å².